The van der Waals surface area contributed by atoms with Gasteiger partial charge in [0.1, 0.15) is 24.3 Å². The Morgan fingerprint density at radius 3 is 2.53 bits per heavy atom. The van der Waals surface area contributed by atoms with Gasteiger partial charge in [-0.25, -0.2) is 9.97 Å². The maximum atomic E-state index is 10.4. The molecule has 2 aromatic heterocycles. The van der Waals surface area contributed by atoms with E-state index in [9.17, 15) is 5.11 Å². The monoisotopic (exact) mass is 435 g/mol. The summed E-state index contributed by atoms with van der Waals surface area (Å²) in [7, 11) is 1.64. The van der Waals surface area contributed by atoms with Gasteiger partial charge in [0.15, 0.2) is 0 Å². The second-order valence-corrected chi connectivity index (χ2v) is 8.36. The van der Waals surface area contributed by atoms with Gasteiger partial charge in [-0.3, -0.25) is 0 Å². The van der Waals surface area contributed by atoms with Crippen LogP contribution in [0.1, 0.15) is 20.8 Å². The normalized spacial score (nSPS) is 11.9. The third-order valence-electron chi connectivity index (χ3n) is 5.14. The van der Waals surface area contributed by atoms with Gasteiger partial charge in [0.05, 0.1) is 30.7 Å². The fourth-order valence-corrected chi connectivity index (χ4v) is 3.83. The molecule has 168 valence electrons. The zero-order valence-electron chi connectivity index (χ0n) is 19.0. The molecular weight excluding hydrogens is 406 g/mol. The molecule has 0 saturated carbocycles. The highest BCUT2D eigenvalue weighted by molar-refractivity contribution is 6.00. The van der Waals surface area contributed by atoms with E-state index < -0.39 is 5.60 Å². The molecule has 0 bridgehead atoms. The number of ether oxygens (including phenoxy) is 3. The first-order chi connectivity index (χ1) is 15.4. The van der Waals surface area contributed by atoms with Crippen LogP contribution in [0.3, 0.4) is 0 Å². The third-order valence-corrected chi connectivity index (χ3v) is 5.14. The van der Waals surface area contributed by atoms with E-state index in [0.29, 0.717) is 32.2 Å². The Kier molecular flexibility index (Phi) is 6.30. The van der Waals surface area contributed by atoms with Crippen LogP contribution in [0.5, 0.6) is 11.6 Å². The van der Waals surface area contributed by atoms with E-state index >= 15 is 0 Å². The number of rotatable bonds is 9. The van der Waals surface area contributed by atoms with E-state index in [2.05, 4.69) is 34.2 Å². The lowest BCUT2D eigenvalue weighted by Gasteiger charge is -2.18. The summed E-state index contributed by atoms with van der Waals surface area (Å²) in [5.74, 6) is 1.36. The van der Waals surface area contributed by atoms with Crippen molar-refractivity contribution in [3.05, 3.63) is 48.9 Å². The first-order valence-corrected chi connectivity index (χ1v) is 10.7. The molecule has 7 nitrogen and oxygen atoms in total. The Bertz CT molecular complexity index is 1230. The van der Waals surface area contributed by atoms with Crippen LogP contribution in [-0.2, 0) is 11.3 Å². The molecule has 0 unspecified atom stereocenters. The number of hydrogen-bond donors (Lipinski definition) is 1. The summed E-state index contributed by atoms with van der Waals surface area (Å²) in [5.41, 5.74) is 1.79. The molecule has 4 aromatic rings. The lowest BCUT2D eigenvalue weighted by molar-refractivity contribution is 0.0627. The molecule has 1 N–H and O–H groups in total. The molecule has 4 rings (SSSR count). The summed E-state index contributed by atoms with van der Waals surface area (Å²) in [6, 6.07) is 12.4. The van der Waals surface area contributed by atoms with Crippen LogP contribution in [0.25, 0.3) is 32.9 Å². The number of hydrogen-bond acceptors (Lipinski definition) is 6. The molecule has 0 amide bonds. The fraction of sp³-hybridized carbons (Fsp3) is 0.360. The average Bonchev–Trinajstić information content (AvgIpc) is 3.11. The van der Waals surface area contributed by atoms with E-state index in [1.54, 1.807) is 21.0 Å². The second kappa shape index (κ2) is 9.14. The molecule has 32 heavy (non-hydrogen) atoms. The van der Waals surface area contributed by atoms with Crippen molar-refractivity contribution in [3.63, 3.8) is 0 Å². The van der Waals surface area contributed by atoms with Gasteiger partial charge in [-0.1, -0.05) is 18.2 Å². The molecular formula is C25H29N3O4. The van der Waals surface area contributed by atoms with Crippen LogP contribution in [0.15, 0.2) is 48.9 Å². The molecule has 0 aliphatic carbocycles. The molecule has 0 radical (unpaired) electrons. The van der Waals surface area contributed by atoms with Crippen molar-refractivity contribution < 1.29 is 19.3 Å². The molecule has 2 heterocycles. The minimum absolute atomic E-state index is 0.386. The smallest absolute Gasteiger partial charge is 0.226 e. The maximum Gasteiger partial charge on any atom is 0.226 e. The van der Waals surface area contributed by atoms with Gasteiger partial charge in [0.25, 0.3) is 0 Å². The number of benzene rings is 2. The summed E-state index contributed by atoms with van der Waals surface area (Å²) < 4.78 is 18.6. The number of aromatic nitrogens is 3. The summed E-state index contributed by atoms with van der Waals surface area (Å²) in [6.07, 6.45) is 3.50. The van der Waals surface area contributed by atoms with Crippen LogP contribution in [-0.4, -0.2) is 52.2 Å². The highest BCUT2D eigenvalue weighted by Gasteiger charge is 2.21. The van der Waals surface area contributed by atoms with E-state index in [0.717, 1.165) is 38.7 Å². The van der Waals surface area contributed by atoms with Gasteiger partial charge in [0.2, 0.25) is 5.88 Å². The number of fused-ring (bicyclic) bond motifs is 2. The lowest BCUT2D eigenvalue weighted by atomic mass is 10.0. The minimum Gasteiger partial charge on any atom is -0.494 e. The van der Waals surface area contributed by atoms with Gasteiger partial charge in [-0.05, 0) is 55.3 Å². The molecule has 0 aliphatic rings. The summed E-state index contributed by atoms with van der Waals surface area (Å²) in [5, 5.41) is 13.5. The number of nitrogens with zero attached hydrogens (tertiary/aromatic N) is 3. The second-order valence-electron chi connectivity index (χ2n) is 8.36. The predicted octanol–water partition coefficient (Wildman–Crippen LogP) is 4.45. The summed E-state index contributed by atoms with van der Waals surface area (Å²) >= 11 is 0. The Hall–Kier alpha value is -3.16. The first-order valence-electron chi connectivity index (χ1n) is 10.7. The molecule has 0 saturated heterocycles. The minimum atomic E-state index is -0.899. The van der Waals surface area contributed by atoms with Crippen LogP contribution in [0.2, 0.25) is 0 Å². The van der Waals surface area contributed by atoms with Crippen LogP contribution in [0.4, 0.5) is 0 Å². The largest absolute Gasteiger partial charge is 0.494 e. The average molecular weight is 436 g/mol. The van der Waals surface area contributed by atoms with E-state index in [-0.39, 0.29) is 0 Å². The fourth-order valence-electron chi connectivity index (χ4n) is 3.83. The maximum absolute atomic E-state index is 10.4. The van der Waals surface area contributed by atoms with E-state index in [4.69, 9.17) is 14.2 Å². The van der Waals surface area contributed by atoms with Crippen molar-refractivity contribution in [2.45, 2.75) is 32.9 Å². The third kappa shape index (κ3) is 4.69. The Labute approximate surface area is 187 Å². The van der Waals surface area contributed by atoms with Gasteiger partial charge in [-0.2, -0.15) is 0 Å². The summed E-state index contributed by atoms with van der Waals surface area (Å²) in [4.78, 5) is 8.90. The van der Waals surface area contributed by atoms with Crippen LogP contribution in [0, 0.1) is 0 Å². The van der Waals surface area contributed by atoms with Crippen molar-refractivity contribution in [1.82, 2.24) is 14.5 Å². The topological polar surface area (TPSA) is 78.6 Å². The van der Waals surface area contributed by atoms with Crippen LogP contribution < -0.4 is 9.47 Å². The molecule has 0 fully saturated rings. The van der Waals surface area contributed by atoms with Crippen molar-refractivity contribution in [2.75, 3.05) is 26.9 Å². The van der Waals surface area contributed by atoms with Gasteiger partial charge < -0.3 is 23.9 Å². The molecule has 7 heteroatoms. The molecule has 0 aliphatic heterocycles. The predicted molar refractivity (Wildman–Crippen MR) is 125 cm³/mol. The zero-order valence-corrected chi connectivity index (χ0v) is 19.0. The summed E-state index contributed by atoms with van der Waals surface area (Å²) in [6.45, 7) is 7.41. The van der Waals surface area contributed by atoms with Crippen molar-refractivity contribution in [2.24, 2.45) is 0 Å². The highest BCUT2D eigenvalue weighted by Crippen LogP contribution is 2.37. The van der Waals surface area contributed by atoms with Gasteiger partial charge in [-0.15, -0.1) is 0 Å². The molecule has 2 aromatic carbocycles. The van der Waals surface area contributed by atoms with Crippen LogP contribution >= 0.6 is 0 Å². The molecule has 0 spiro atoms. The zero-order chi connectivity index (χ0) is 22.7. The van der Waals surface area contributed by atoms with Gasteiger partial charge in [0, 0.05) is 18.9 Å². The SMILES string of the molecule is CCOc1ccc2cc(-c3cn(CC(C)(C)O)c4ncnc(OCCOC)c34)ccc2c1. The Balaban J connectivity index is 1.85. The Morgan fingerprint density at radius 1 is 1.00 bits per heavy atom. The first kappa shape index (κ1) is 22.0. The quantitative estimate of drug-likeness (QED) is 0.392. The van der Waals surface area contributed by atoms with E-state index in [1.165, 1.54) is 6.33 Å². The van der Waals surface area contributed by atoms with Crippen molar-refractivity contribution >= 4 is 21.8 Å². The van der Waals surface area contributed by atoms with Crippen molar-refractivity contribution in [3.8, 4) is 22.8 Å². The Morgan fingerprint density at radius 2 is 1.78 bits per heavy atom. The van der Waals surface area contributed by atoms with E-state index in [1.807, 2.05) is 29.8 Å². The van der Waals surface area contributed by atoms with Gasteiger partial charge >= 0.3 is 0 Å². The number of aliphatic hydroxyl groups is 1. The lowest BCUT2D eigenvalue weighted by Crippen LogP contribution is -2.25. The standard InChI is InChI=1S/C25H29N3O4/c1-5-31-20-9-8-17-12-19(7-6-18(17)13-20)21-14-28(15-25(2,3)29)23-22(21)24(27-16-26-23)32-11-10-30-4/h6-9,12-14,16,29H,5,10-11,15H2,1-4H3. The highest BCUT2D eigenvalue weighted by atomic mass is 16.5. The molecule has 0 atom stereocenters. The van der Waals surface area contributed by atoms with Crippen molar-refractivity contribution in [1.29, 1.82) is 0 Å². The number of methoxy groups -OCH3 is 1.